The average Bonchev–Trinajstić information content (AvgIpc) is 3.45. The molecule has 1 unspecified atom stereocenters. The standard InChI is InChI=1S/C26H35N3O/c1-4-5-11-19-12-8-6-7-9-13-20-16-21(19)22(27-20)17-24-26(30-3)18-23(28-24)25-14-10-15-29(25)2/h10,14-19,27H,4-9,11-13H2,1-3H3/b24-17+. The van der Waals surface area contributed by atoms with Gasteiger partial charge in [0.1, 0.15) is 11.5 Å². The second kappa shape index (κ2) is 9.55. The molecule has 0 saturated heterocycles. The van der Waals surface area contributed by atoms with Gasteiger partial charge in [0.2, 0.25) is 0 Å². The summed E-state index contributed by atoms with van der Waals surface area (Å²) in [4.78, 5) is 8.67. The van der Waals surface area contributed by atoms with Crippen LogP contribution in [0, 0.1) is 0 Å². The molecule has 2 bridgehead atoms. The summed E-state index contributed by atoms with van der Waals surface area (Å²) >= 11 is 0. The van der Waals surface area contributed by atoms with Crippen molar-refractivity contribution < 1.29 is 4.74 Å². The molecule has 4 rings (SSSR count). The Labute approximate surface area is 180 Å². The third-order valence-electron chi connectivity index (χ3n) is 6.50. The van der Waals surface area contributed by atoms with Gasteiger partial charge in [0.15, 0.2) is 0 Å². The van der Waals surface area contributed by atoms with Crippen molar-refractivity contribution in [3.63, 3.8) is 0 Å². The SMILES string of the molecule is CCCCC1CCCCCCc2cc1c(/C=C1/N=C(c3cccn3C)C=C1OC)[nH]2. The quantitative estimate of drug-likeness (QED) is 0.585. The minimum absolute atomic E-state index is 0.632. The zero-order valence-electron chi connectivity index (χ0n) is 18.7. The van der Waals surface area contributed by atoms with E-state index in [4.69, 9.17) is 9.73 Å². The van der Waals surface area contributed by atoms with Gasteiger partial charge in [-0.2, -0.15) is 0 Å². The fourth-order valence-corrected chi connectivity index (χ4v) is 4.78. The highest BCUT2D eigenvalue weighted by atomic mass is 16.5. The molecule has 2 aromatic heterocycles. The molecule has 0 fully saturated rings. The molecule has 3 heterocycles. The lowest BCUT2D eigenvalue weighted by Gasteiger charge is -2.17. The minimum Gasteiger partial charge on any atom is -0.494 e. The molecule has 0 spiro atoms. The van der Waals surface area contributed by atoms with Crippen LogP contribution in [0.3, 0.4) is 0 Å². The summed E-state index contributed by atoms with van der Waals surface area (Å²) in [7, 11) is 3.78. The topological polar surface area (TPSA) is 42.3 Å². The Morgan fingerprint density at radius 3 is 2.90 bits per heavy atom. The van der Waals surface area contributed by atoms with E-state index < -0.39 is 0 Å². The first-order chi connectivity index (χ1) is 14.7. The van der Waals surface area contributed by atoms with Crippen LogP contribution >= 0.6 is 0 Å². The van der Waals surface area contributed by atoms with Gasteiger partial charge >= 0.3 is 0 Å². The zero-order valence-corrected chi connectivity index (χ0v) is 18.7. The molecule has 0 amide bonds. The molecule has 160 valence electrons. The Bertz CT molecular complexity index is 957. The van der Waals surface area contributed by atoms with Gasteiger partial charge in [0.25, 0.3) is 0 Å². The molecule has 1 aliphatic carbocycles. The van der Waals surface area contributed by atoms with Crippen molar-refractivity contribution in [2.24, 2.45) is 12.0 Å². The van der Waals surface area contributed by atoms with E-state index in [1.165, 1.54) is 68.3 Å². The normalized spacial score (nSPS) is 20.9. The number of allylic oxidation sites excluding steroid dienone is 1. The lowest BCUT2D eigenvalue weighted by molar-refractivity contribution is 0.303. The fraction of sp³-hybridized carbons (Fsp3) is 0.500. The lowest BCUT2D eigenvalue weighted by atomic mass is 9.87. The molecule has 1 N–H and O–H groups in total. The highest BCUT2D eigenvalue weighted by molar-refractivity contribution is 6.11. The van der Waals surface area contributed by atoms with Gasteiger partial charge in [-0.05, 0) is 61.4 Å². The lowest BCUT2D eigenvalue weighted by Crippen LogP contribution is -2.01. The third-order valence-corrected chi connectivity index (χ3v) is 6.50. The van der Waals surface area contributed by atoms with E-state index in [2.05, 4.69) is 54.0 Å². The largest absolute Gasteiger partial charge is 0.494 e. The van der Waals surface area contributed by atoms with Crippen LogP contribution in [0.4, 0.5) is 0 Å². The second-order valence-electron chi connectivity index (χ2n) is 8.70. The molecule has 1 aliphatic heterocycles. The van der Waals surface area contributed by atoms with E-state index in [9.17, 15) is 0 Å². The highest BCUT2D eigenvalue weighted by Gasteiger charge is 2.22. The molecule has 0 aromatic carbocycles. The smallest absolute Gasteiger partial charge is 0.146 e. The number of aromatic amines is 1. The molecule has 0 radical (unpaired) electrons. The van der Waals surface area contributed by atoms with Gasteiger partial charge in [-0.1, -0.05) is 39.0 Å². The summed E-state index contributed by atoms with van der Waals surface area (Å²) < 4.78 is 7.79. The maximum atomic E-state index is 5.70. The Kier molecular flexibility index (Phi) is 6.61. The first-order valence-electron chi connectivity index (χ1n) is 11.6. The van der Waals surface area contributed by atoms with E-state index in [1.807, 2.05) is 6.08 Å². The van der Waals surface area contributed by atoms with Crippen molar-refractivity contribution in [1.82, 2.24) is 9.55 Å². The zero-order chi connectivity index (χ0) is 20.9. The number of rotatable bonds is 6. The number of ether oxygens (including phenoxy) is 1. The van der Waals surface area contributed by atoms with Crippen molar-refractivity contribution in [1.29, 1.82) is 0 Å². The number of hydrogen-bond acceptors (Lipinski definition) is 2. The van der Waals surface area contributed by atoms with E-state index in [-0.39, 0.29) is 0 Å². The Morgan fingerprint density at radius 1 is 1.27 bits per heavy atom. The number of hydrogen-bond donors (Lipinski definition) is 1. The number of H-pyrrole nitrogens is 1. The minimum atomic E-state index is 0.632. The summed E-state index contributed by atoms with van der Waals surface area (Å²) in [6.07, 6.45) is 17.9. The van der Waals surface area contributed by atoms with Gasteiger partial charge in [-0.15, -0.1) is 0 Å². The van der Waals surface area contributed by atoms with Crippen LogP contribution in [0.5, 0.6) is 0 Å². The van der Waals surface area contributed by atoms with Gasteiger partial charge < -0.3 is 14.3 Å². The van der Waals surface area contributed by atoms with Crippen molar-refractivity contribution >= 4 is 11.8 Å². The van der Waals surface area contributed by atoms with Crippen LogP contribution in [0.2, 0.25) is 0 Å². The van der Waals surface area contributed by atoms with E-state index in [1.54, 1.807) is 7.11 Å². The summed E-state index contributed by atoms with van der Waals surface area (Å²) in [5.74, 6) is 1.47. The number of aromatic nitrogens is 2. The molecule has 30 heavy (non-hydrogen) atoms. The number of nitrogens with one attached hydrogen (secondary N) is 1. The molecule has 0 saturated carbocycles. The molecule has 4 nitrogen and oxygen atoms in total. The van der Waals surface area contributed by atoms with Crippen LogP contribution in [0.15, 0.2) is 46.9 Å². The van der Waals surface area contributed by atoms with Gasteiger partial charge in [0.05, 0.1) is 18.5 Å². The van der Waals surface area contributed by atoms with E-state index in [0.29, 0.717) is 5.92 Å². The monoisotopic (exact) mass is 405 g/mol. The predicted molar refractivity (Wildman–Crippen MR) is 125 cm³/mol. The van der Waals surface area contributed by atoms with Gasteiger partial charge in [-0.25, -0.2) is 4.99 Å². The fourth-order valence-electron chi connectivity index (χ4n) is 4.78. The van der Waals surface area contributed by atoms with Crippen molar-refractivity contribution in [3.8, 4) is 0 Å². The van der Waals surface area contributed by atoms with Crippen LogP contribution in [-0.2, 0) is 18.2 Å². The number of unbranched alkanes of at least 4 members (excludes halogenated alkanes) is 1. The number of fused-ring (bicyclic) bond motifs is 2. The molecule has 1 atom stereocenters. The van der Waals surface area contributed by atoms with Crippen LogP contribution in [0.1, 0.15) is 86.9 Å². The maximum Gasteiger partial charge on any atom is 0.146 e. The number of aryl methyl sites for hydroxylation is 2. The first kappa shape index (κ1) is 20.8. The molecule has 2 aliphatic rings. The summed E-state index contributed by atoms with van der Waals surface area (Å²) in [5.41, 5.74) is 7.04. The highest BCUT2D eigenvalue weighted by Crippen LogP contribution is 2.35. The number of nitrogens with zero attached hydrogens (tertiary/aromatic N) is 2. The van der Waals surface area contributed by atoms with Crippen molar-refractivity contribution in [3.05, 3.63) is 64.6 Å². The summed E-state index contributed by atoms with van der Waals surface area (Å²) in [5, 5.41) is 0. The molecular formula is C26H35N3O. The van der Waals surface area contributed by atoms with Gasteiger partial charge in [0, 0.05) is 30.7 Å². The Hall–Kier alpha value is -2.49. The molecule has 4 heteroatoms. The second-order valence-corrected chi connectivity index (χ2v) is 8.70. The predicted octanol–water partition coefficient (Wildman–Crippen LogP) is 6.51. The van der Waals surface area contributed by atoms with E-state index >= 15 is 0 Å². The Morgan fingerprint density at radius 2 is 2.13 bits per heavy atom. The molecule has 2 aromatic rings. The third kappa shape index (κ3) is 4.48. The molecular weight excluding hydrogens is 370 g/mol. The number of methoxy groups -OCH3 is 1. The number of aliphatic imine (C=N–C) groups is 1. The van der Waals surface area contributed by atoms with Crippen LogP contribution in [-0.4, -0.2) is 22.4 Å². The van der Waals surface area contributed by atoms with Crippen molar-refractivity contribution in [2.45, 2.75) is 70.6 Å². The van der Waals surface area contributed by atoms with Crippen LogP contribution < -0.4 is 0 Å². The first-order valence-corrected chi connectivity index (χ1v) is 11.6. The Balaban J connectivity index is 1.71. The maximum absolute atomic E-state index is 5.70. The van der Waals surface area contributed by atoms with Crippen LogP contribution in [0.25, 0.3) is 6.08 Å². The van der Waals surface area contributed by atoms with Gasteiger partial charge in [-0.3, -0.25) is 0 Å². The van der Waals surface area contributed by atoms with Crippen molar-refractivity contribution in [2.75, 3.05) is 7.11 Å². The summed E-state index contributed by atoms with van der Waals surface area (Å²) in [6.45, 7) is 2.29. The average molecular weight is 406 g/mol. The summed E-state index contributed by atoms with van der Waals surface area (Å²) in [6, 6.07) is 6.58. The van der Waals surface area contributed by atoms with E-state index in [0.717, 1.165) is 29.3 Å².